The lowest BCUT2D eigenvalue weighted by Crippen LogP contribution is -2.30. The second-order valence-corrected chi connectivity index (χ2v) is 6.74. The van der Waals surface area contributed by atoms with E-state index in [4.69, 9.17) is 9.84 Å². The number of nitrogens with zero attached hydrogens (tertiary/aromatic N) is 2. The molecule has 0 aliphatic carbocycles. The molecule has 0 fully saturated rings. The quantitative estimate of drug-likeness (QED) is 0.625. The number of nitrogens with one attached hydrogen (secondary N) is 2. The maximum Gasteiger partial charge on any atom is 0.335 e. The Labute approximate surface area is 160 Å². The Hall–Kier alpha value is -3.39. The van der Waals surface area contributed by atoms with Gasteiger partial charge in [0.15, 0.2) is 5.75 Å². The summed E-state index contributed by atoms with van der Waals surface area (Å²) in [7, 11) is 1.47. The number of carbonyl (C=O) groups is 1. The van der Waals surface area contributed by atoms with Crippen LogP contribution in [0.1, 0.15) is 27.4 Å². The van der Waals surface area contributed by atoms with Gasteiger partial charge in [0.1, 0.15) is 5.82 Å². The molecular weight excluding hydrogens is 360 g/mol. The lowest BCUT2D eigenvalue weighted by molar-refractivity contribution is 0.0697. The van der Waals surface area contributed by atoms with E-state index in [9.17, 15) is 9.59 Å². The van der Waals surface area contributed by atoms with Crippen molar-refractivity contribution < 1.29 is 14.6 Å². The van der Waals surface area contributed by atoms with Crippen LogP contribution in [0.15, 0.2) is 41.3 Å². The van der Waals surface area contributed by atoms with Crippen molar-refractivity contribution in [1.82, 2.24) is 19.9 Å². The van der Waals surface area contributed by atoms with Gasteiger partial charge in [0, 0.05) is 49.6 Å². The van der Waals surface area contributed by atoms with Crippen molar-refractivity contribution in [3.05, 3.63) is 69.4 Å². The van der Waals surface area contributed by atoms with Crippen molar-refractivity contribution in [2.75, 3.05) is 13.7 Å². The number of aromatic carboxylic acids is 1. The number of fused-ring (bicyclic) bond motifs is 1. The number of benzene rings is 1. The molecule has 8 nitrogen and oxygen atoms in total. The molecule has 3 aromatic rings. The van der Waals surface area contributed by atoms with Crippen molar-refractivity contribution in [2.24, 2.45) is 0 Å². The van der Waals surface area contributed by atoms with Crippen molar-refractivity contribution in [2.45, 2.75) is 19.5 Å². The Morgan fingerprint density at radius 2 is 2.11 bits per heavy atom. The first-order valence-electron chi connectivity index (χ1n) is 8.93. The van der Waals surface area contributed by atoms with Crippen LogP contribution in [-0.4, -0.2) is 44.6 Å². The Morgan fingerprint density at radius 3 is 2.79 bits per heavy atom. The number of hydrogen-bond acceptors (Lipinski definition) is 5. The van der Waals surface area contributed by atoms with Gasteiger partial charge in [-0.3, -0.25) is 9.69 Å². The standard InChI is InChI=1S/C20H20N4O4/c1-28-18-9-21-14(8-17(18)25)10-24-7-6-15-16(11-24)23-19(22-15)12-2-4-13(5-3-12)20(26)27/h2-5,8-9H,6-7,10-11H2,1H3,(H,21,25)(H,22,23)(H,26,27). The average Bonchev–Trinajstić information content (AvgIpc) is 3.11. The zero-order chi connectivity index (χ0) is 19.7. The lowest BCUT2D eigenvalue weighted by Gasteiger charge is -2.25. The molecule has 0 saturated heterocycles. The Morgan fingerprint density at radius 1 is 1.32 bits per heavy atom. The highest BCUT2D eigenvalue weighted by atomic mass is 16.5. The molecule has 144 valence electrons. The number of ether oxygens (including phenoxy) is 1. The number of hydrogen-bond donors (Lipinski definition) is 3. The van der Waals surface area contributed by atoms with Crippen LogP contribution >= 0.6 is 0 Å². The minimum absolute atomic E-state index is 0.136. The smallest absolute Gasteiger partial charge is 0.335 e. The first kappa shape index (κ1) is 18.0. The Balaban J connectivity index is 1.49. The van der Waals surface area contributed by atoms with Crippen LogP contribution in [0.3, 0.4) is 0 Å². The molecule has 8 heteroatoms. The lowest BCUT2D eigenvalue weighted by atomic mass is 10.1. The summed E-state index contributed by atoms with van der Waals surface area (Å²) in [6.07, 6.45) is 2.39. The molecule has 3 N–H and O–H groups in total. The molecule has 2 aromatic heterocycles. The van der Waals surface area contributed by atoms with Gasteiger partial charge < -0.3 is 19.8 Å². The first-order valence-corrected chi connectivity index (χ1v) is 8.93. The second kappa shape index (κ2) is 7.32. The van der Waals surface area contributed by atoms with Gasteiger partial charge in [-0.1, -0.05) is 12.1 Å². The molecule has 0 radical (unpaired) electrons. The number of carboxylic acid groups (broad SMARTS) is 1. The first-order chi connectivity index (χ1) is 13.5. The van der Waals surface area contributed by atoms with Crippen molar-refractivity contribution in [3.8, 4) is 17.1 Å². The molecule has 1 aliphatic heterocycles. The fourth-order valence-electron chi connectivity index (χ4n) is 3.38. The normalized spacial score (nSPS) is 13.9. The van der Waals surface area contributed by atoms with E-state index in [-0.39, 0.29) is 11.0 Å². The number of pyridine rings is 1. The summed E-state index contributed by atoms with van der Waals surface area (Å²) in [4.78, 5) is 36.3. The van der Waals surface area contributed by atoms with E-state index in [1.807, 2.05) is 0 Å². The van der Waals surface area contributed by atoms with Crippen LogP contribution in [0.5, 0.6) is 5.75 Å². The van der Waals surface area contributed by atoms with E-state index >= 15 is 0 Å². The molecule has 0 atom stereocenters. The molecule has 0 saturated carbocycles. The average molecular weight is 380 g/mol. The van der Waals surface area contributed by atoms with Crippen LogP contribution in [0.4, 0.5) is 0 Å². The van der Waals surface area contributed by atoms with Gasteiger partial charge >= 0.3 is 5.97 Å². The molecule has 0 bridgehead atoms. The van der Waals surface area contributed by atoms with Gasteiger partial charge in [0.2, 0.25) is 5.43 Å². The fourth-order valence-corrected chi connectivity index (χ4v) is 3.38. The summed E-state index contributed by atoms with van der Waals surface area (Å²) in [5, 5.41) is 9.02. The minimum Gasteiger partial charge on any atom is -0.491 e. The van der Waals surface area contributed by atoms with Crippen LogP contribution < -0.4 is 10.2 Å². The number of carboxylic acids is 1. The zero-order valence-electron chi connectivity index (χ0n) is 15.4. The van der Waals surface area contributed by atoms with Crippen LogP contribution in [0.2, 0.25) is 0 Å². The summed E-state index contributed by atoms with van der Waals surface area (Å²) in [6.45, 7) is 2.16. The van der Waals surface area contributed by atoms with Gasteiger partial charge in [-0.2, -0.15) is 0 Å². The summed E-state index contributed by atoms with van der Waals surface area (Å²) in [5.41, 5.74) is 3.86. The SMILES string of the molecule is COc1c[nH]c(CN2CCc3nc(-c4ccc(C(=O)O)cc4)[nH]c3C2)cc1=O. The highest BCUT2D eigenvalue weighted by Gasteiger charge is 2.21. The summed E-state index contributed by atoms with van der Waals surface area (Å²) < 4.78 is 5.00. The topological polar surface area (TPSA) is 111 Å². The molecule has 4 rings (SSSR count). The molecular formula is C20H20N4O4. The monoisotopic (exact) mass is 380 g/mol. The largest absolute Gasteiger partial charge is 0.491 e. The van der Waals surface area contributed by atoms with E-state index in [0.717, 1.165) is 41.4 Å². The number of H-pyrrole nitrogens is 2. The van der Waals surface area contributed by atoms with Crippen molar-refractivity contribution in [3.63, 3.8) is 0 Å². The predicted octanol–water partition coefficient (Wildman–Crippen LogP) is 2.03. The number of imidazole rings is 1. The fraction of sp³-hybridized carbons (Fsp3) is 0.250. The second-order valence-electron chi connectivity index (χ2n) is 6.74. The van der Waals surface area contributed by atoms with E-state index in [2.05, 4.69) is 19.9 Å². The minimum atomic E-state index is -0.947. The molecule has 3 heterocycles. The summed E-state index contributed by atoms with van der Waals surface area (Å²) in [6, 6.07) is 8.23. The third-order valence-corrected chi connectivity index (χ3v) is 4.87. The number of rotatable bonds is 5. The van der Waals surface area contributed by atoms with E-state index < -0.39 is 5.97 Å². The third-order valence-electron chi connectivity index (χ3n) is 4.87. The number of methoxy groups -OCH3 is 1. The summed E-state index contributed by atoms with van der Waals surface area (Å²) in [5.74, 6) is 0.0935. The molecule has 0 amide bonds. The summed E-state index contributed by atoms with van der Waals surface area (Å²) >= 11 is 0. The van der Waals surface area contributed by atoms with E-state index in [0.29, 0.717) is 18.8 Å². The maximum absolute atomic E-state index is 11.9. The molecule has 28 heavy (non-hydrogen) atoms. The van der Waals surface area contributed by atoms with Crippen LogP contribution in [0.25, 0.3) is 11.4 Å². The number of aromatic nitrogens is 3. The van der Waals surface area contributed by atoms with Crippen LogP contribution in [0, 0.1) is 0 Å². The zero-order valence-corrected chi connectivity index (χ0v) is 15.4. The van der Waals surface area contributed by atoms with E-state index in [1.165, 1.54) is 7.11 Å². The van der Waals surface area contributed by atoms with Gasteiger partial charge in [-0.15, -0.1) is 0 Å². The maximum atomic E-state index is 11.9. The van der Waals surface area contributed by atoms with Gasteiger partial charge in [-0.25, -0.2) is 9.78 Å². The van der Waals surface area contributed by atoms with Crippen LogP contribution in [-0.2, 0) is 19.5 Å². The van der Waals surface area contributed by atoms with Crippen molar-refractivity contribution >= 4 is 5.97 Å². The van der Waals surface area contributed by atoms with E-state index in [1.54, 1.807) is 36.5 Å². The highest BCUT2D eigenvalue weighted by molar-refractivity contribution is 5.88. The highest BCUT2D eigenvalue weighted by Crippen LogP contribution is 2.24. The van der Waals surface area contributed by atoms with Gasteiger partial charge in [-0.05, 0) is 12.1 Å². The van der Waals surface area contributed by atoms with Gasteiger partial charge in [0.25, 0.3) is 0 Å². The molecule has 0 spiro atoms. The predicted molar refractivity (Wildman–Crippen MR) is 102 cm³/mol. The van der Waals surface area contributed by atoms with Crippen molar-refractivity contribution in [1.29, 1.82) is 0 Å². The molecule has 0 unspecified atom stereocenters. The van der Waals surface area contributed by atoms with Gasteiger partial charge in [0.05, 0.1) is 24.1 Å². The number of aromatic amines is 2. The Kier molecular flexibility index (Phi) is 4.70. The molecule has 1 aromatic carbocycles. The molecule has 1 aliphatic rings. The third kappa shape index (κ3) is 3.54. The Bertz CT molecular complexity index is 1070.